The maximum absolute atomic E-state index is 4.13. The summed E-state index contributed by atoms with van der Waals surface area (Å²) in [5.74, 6) is 0. The molecule has 0 spiro atoms. The largest absolute Gasteiger partial charge is 0.261 e. The van der Waals surface area contributed by atoms with Crippen molar-refractivity contribution in [2.24, 2.45) is 4.99 Å². The van der Waals surface area contributed by atoms with Gasteiger partial charge in [0, 0.05) is 11.7 Å². The zero-order valence-corrected chi connectivity index (χ0v) is 7.87. The van der Waals surface area contributed by atoms with Crippen molar-refractivity contribution < 1.29 is 0 Å². The summed E-state index contributed by atoms with van der Waals surface area (Å²) in [6.07, 6.45) is 1.77. The molecule has 9 heavy (non-hydrogen) atoms. The summed E-state index contributed by atoms with van der Waals surface area (Å²) in [6.45, 7) is 6.05. The van der Waals surface area contributed by atoms with E-state index in [4.69, 9.17) is 0 Å². The monoisotopic (exact) mass is 161 g/mol. The highest BCUT2D eigenvalue weighted by Crippen LogP contribution is 2.06. The molecule has 0 aromatic carbocycles. The van der Waals surface area contributed by atoms with Gasteiger partial charge in [-0.05, 0) is 25.4 Å². The van der Waals surface area contributed by atoms with Crippen LogP contribution in [0.5, 0.6) is 0 Å². The van der Waals surface area contributed by atoms with Gasteiger partial charge in [0.25, 0.3) is 0 Å². The highest BCUT2D eigenvalue weighted by atomic mass is 32.1. The van der Waals surface area contributed by atoms with Crippen molar-refractivity contribution in [2.45, 2.75) is 13.8 Å². The summed E-state index contributed by atoms with van der Waals surface area (Å²) >= 11 is 4.07. The van der Waals surface area contributed by atoms with E-state index >= 15 is 0 Å². The number of allylic oxidation sites excluding steroid dienone is 1. The van der Waals surface area contributed by atoms with E-state index in [2.05, 4.69) is 24.3 Å². The van der Waals surface area contributed by atoms with Crippen molar-refractivity contribution in [2.75, 3.05) is 6.66 Å². The van der Waals surface area contributed by atoms with Gasteiger partial charge in [0.1, 0.15) is 0 Å². The topological polar surface area (TPSA) is 12.4 Å². The first kappa shape index (κ1) is 9.19. The zero-order chi connectivity index (χ0) is 7.28. The maximum Gasteiger partial charge on any atom is 0.0361 e. The molecule has 0 saturated carbocycles. The van der Waals surface area contributed by atoms with Crippen molar-refractivity contribution in [3.8, 4) is 0 Å². The van der Waals surface area contributed by atoms with Gasteiger partial charge < -0.3 is 0 Å². The van der Waals surface area contributed by atoms with Crippen molar-refractivity contribution in [1.82, 2.24) is 0 Å². The van der Waals surface area contributed by atoms with Gasteiger partial charge in [-0.2, -0.15) is 0 Å². The standard InChI is InChI=1S/C6H12NPS/c1-5(9)4-7-6(2)8-3/h4,8-9H,1-3H3/b5-4+,7-6?. The van der Waals surface area contributed by atoms with Crippen LogP contribution < -0.4 is 0 Å². The van der Waals surface area contributed by atoms with Gasteiger partial charge in [-0.1, -0.05) is 8.58 Å². The molecule has 1 atom stereocenters. The van der Waals surface area contributed by atoms with Crippen LogP contribution >= 0.6 is 21.2 Å². The Morgan fingerprint density at radius 1 is 1.56 bits per heavy atom. The molecule has 0 saturated heterocycles. The van der Waals surface area contributed by atoms with E-state index in [1.807, 2.05) is 13.8 Å². The highest BCUT2D eigenvalue weighted by Gasteiger charge is 1.80. The van der Waals surface area contributed by atoms with E-state index in [1.165, 1.54) is 5.45 Å². The molecular weight excluding hydrogens is 149 g/mol. The molecule has 0 radical (unpaired) electrons. The average molecular weight is 161 g/mol. The fourth-order valence-electron chi connectivity index (χ4n) is 0.255. The number of hydrogen-bond donors (Lipinski definition) is 1. The van der Waals surface area contributed by atoms with Gasteiger partial charge in [-0.15, -0.1) is 12.6 Å². The third-order valence-electron chi connectivity index (χ3n) is 0.807. The van der Waals surface area contributed by atoms with E-state index in [-0.39, 0.29) is 0 Å². The lowest BCUT2D eigenvalue weighted by Gasteiger charge is -1.89. The molecule has 1 nitrogen and oxygen atoms in total. The lowest BCUT2D eigenvalue weighted by atomic mass is 10.7. The third kappa shape index (κ3) is 6.07. The Hall–Kier alpha value is 0.190. The quantitative estimate of drug-likeness (QED) is 0.363. The SMILES string of the molecule is CPC(C)=N/C=C(\C)S. The minimum Gasteiger partial charge on any atom is -0.261 e. The van der Waals surface area contributed by atoms with Crippen LogP contribution in [0.3, 0.4) is 0 Å². The molecule has 0 aromatic rings. The molecule has 0 aliphatic rings. The van der Waals surface area contributed by atoms with Gasteiger partial charge in [0.15, 0.2) is 0 Å². The van der Waals surface area contributed by atoms with Crippen LogP contribution in [0.15, 0.2) is 16.1 Å². The van der Waals surface area contributed by atoms with Gasteiger partial charge in [-0.25, -0.2) is 0 Å². The van der Waals surface area contributed by atoms with Crippen molar-refractivity contribution in [3.05, 3.63) is 11.1 Å². The van der Waals surface area contributed by atoms with Crippen molar-refractivity contribution in [1.29, 1.82) is 0 Å². The van der Waals surface area contributed by atoms with Gasteiger partial charge in [0.2, 0.25) is 0 Å². The number of aliphatic imine (C=N–C) groups is 1. The van der Waals surface area contributed by atoms with Crippen molar-refractivity contribution >= 4 is 26.7 Å². The third-order valence-corrected chi connectivity index (χ3v) is 1.78. The fraction of sp³-hybridized carbons (Fsp3) is 0.500. The van der Waals surface area contributed by atoms with Crippen LogP contribution in [-0.4, -0.2) is 12.1 Å². The molecule has 0 aromatic heterocycles. The summed E-state index contributed by atoms with van der Waals surface area (Å²) in [5.41, 5.74) is 1.17. The minimum absolute atomic E-state index is 0.803. The number of rotatable bonds is 2. The summed E-state index contributed by atoms with van der Waals surface area (Å²) in [5, 5.41) is 0. The first-order valence-corrected chi connectivity index (χ1v) is 4.69. The first-order chi connectivity index (χ1) is 4.16. The highest BCUT2D eigenvalue weighted by molar-refractivity contribution is 7.84. The molecule has 0 bridgehead atoms. The van der Waals surface area contributed by atoms with E-state index in [0.29, 0.717) is 0 Å². The Balaban J connectivity index is 3.83. The van der Waals surface area contributed by atoms with Crippen LogP contribution in [0.1, 0.15) is 13.8 Å². The Kier molecular flexibility index (Phi) is 5.12. The Bertz CT molecular complexity index is 136. The lowest BCUT2D eigenvalue weighted by molar-refractivity contribution is 1.50. The predicted octanol–water partition coefficient (Wildman–Crippen LogP) is 2.50. The molecule has 3 heteroatoms. The normalized spacial score (nSPS) is 15.6. The Labute approximate surface area is 63.8 Å². The van der Waals surface area contributed by atoms with Crippen LogP contribution in [0.25, 0.3) is 0 Å². The van der Waals surface area contributed by atoms with Crippen LogP contribution in [0, 0.1) is 0 Å². The van der Waals surface area contributed by atoms with E-state index in [1.54, 1.807) is 6.20 Å². The smallest absolute Gasteiger partial charge is 0.0361 e. The molecule has 0 aliphatic carbocycles. The minimum atomic E-state index is 0.803. The molecular formula is C6H12NPS. The molecule has 0 amide bonds. The van der Waals surface area contributed by atoms with Gasteiger partial charge >= 0.3 is 0 Å². The van der Waals surface area contributed by atoms with Crippen molar-refractivity contribution in [3.63, 3.8) is 0 Å². The average Bonchev–Trinajstić information content (AvgIpc) is 1.83. The fourth-order valence-corrected chi connectivity index (χ4v) is 0.506. The van der Waals surface area contributed by atoms with Crippen LogP contribution in [-0.2, 0) is 0 Å². The maximum atomic E-state index is 4.13. The molecule has 0 rings (SSSR count). The summed E-state index contributed by atoms with van der Waals surface area (Å²) in [7, 11) is 0.803. The van der Waals surface area contributed by atoms with E-state index in [0.717, 1.165) is 13.5 Å². The Morgan fingerprint density at radius 2 is 2.11 bits per heavy atom. The summed E-state index contributed by atoms with van der Waals surface area (Å²) in [6, 6.07) is 0. The molecule has 1 unspecified atom stereocenters. The predicted molar refractivity (Wildman–Crippen MR) is 50.1 cm³/mol. The summed E-state index contributed by atoms with van der Waals surface area (Å²) in [4.78, 5) is 5.08. The number of nitrogens with zero attached hydrogens (tertiary/aromatic N) is 1. The van der Waals surface area contributed by atoms with Crippen LogP contribution in [0.2, 0.25) is 0 Å². The second kappa shape index (κ2) is 5.01. The van der Waals surface area contributed by atoms with Gasteiger partial charge in [0.05, 0.1) is 0 Å². The van der Waals surface area contributed by atoms with Gasteiger partial charge in [-0.3, -0.25) is 4.99 Å². The second-order valence-corrected chi connectivity index (χ2v) is 3.66. The van der Waals surface area contributed by atoms with E-state index < -0.39 is 0 Å². The molecule has 0 heterocycles. The molecule has 0 aliphatic heterocycles. The molecule has 52 valence electrons. The molecule has 0 fully saturated rings. The Morgan fingerprint density at radius 3 is 2.44 bits per heavy atom. The number of thiol groups is 1. The first-order valence-electron chi connectivity index (χ1n) is 2.74. The zero-order valence-electron chi connectivity index (χ0n) is 5.97. The summed E-state index contributed by atoms with van der Waals surface area (Å²) < 4.78 is 0. The second-order valence-electron chi connectivity index (χ2n) is 1.73. The molecule has 0 N–H and O–H groups in total. The van der Waals surface area contributed by atoms with Crippen LogP contribution in [0.4, 0.5) is 0 Å². The van der Waals surface area contributed by atoms with E-state index in [9.17, 15) is 0 Å². The number of hydrogen-bond acceptors (Lipinski definition) is 2. The lowest BCUT2D eigenvalue weighted by Crippen LogP contribution is -1.74.